The zero-order valence-electron chi connectivity index (χ0n) is 13.7. The molecule has 1 unspecified atom stereocenters. The highest BCUT2D eigenvalue weighted by atomic mass is 16.6. The Labute approximate surface area is 133 Å². The van der Waals surface area contributed by atoms with Gasteiger partial charge in [0.1, 0.15) is 12.7 Å². The lowest BCUT2D eigenvalue weighted by atomic mass is 9.98. The van der Waals surface area contributed by atoms with Crippen molar-refractivity contribution in [2.45, 2.75) is 57.7 Å². The Balaban J connectivity index is 0.000000401. The second-order valence-corrected chi connectivity index (χ2v) is 5.00. The van der Waals surface area contributed by atoms with E-state index in [0.29, 0.717) is 6.61 Å². The molecule has 0 amide bonds. The van der Waals surface area contributed by atoms with Gasteiger partial charge in [-0.1, -0.05) is 26.5 Å². The number of ether oxygens (including phenoxy) is 3. The van der Waals surface area contributed by atoms with E-state index in [2.05, 4.69) is 13.2 Å². The Kier molecular flexibility index (Phi) is 12.1. The van der Waals surface area contributed by atoms with E-state index >= 15 is 0 Å². The number of hydrogen-bond donors (Lipinski definition) is 0. The minimum absolute atomic E-state index is 0.00102. The molecule has 0 N–H and O–H groups in total. The minimum atomic E-state index is -0.402. The van der Waals surface area contributed by atoms with Gasteiger partial charge in [-0.2, -0.15) is 0 Å². The van der Waals surface area contributed by atoms with Crippen LogP contribution in [0, 0.1) is 0 Å². The van der Waals surface area contributed by atoms with Crippen LogP contribution in [0.3, 0.4) is 0 Å². The molecule has 1 rings (SSSR count). The number of carbonyl (C=O) groups excluding carboxylic acids is 2. The summed E-state index contributed by atoms with van der Waals surface area (Å²) in [5.74, 6) is -0.683. The van der Waals surface area contributed by atoms with Crippen molar-refractivity contribution < 1.29 is 23.8 Å². The van der Waals surface area contributed by atoms with E-state index in [1.807, 2.05) is 6.92 Å². The Morgan fingerprint density at radius 3 is 2.18 bits per heavy atom. The number of hydrogen-bond acceptors (Lipinski definition) is 5. The average molecular weight is 312 g/mol. The molecule has 5 heteroatoms. The van der Waals surface area contributed by atoms with Crippen molar-refractivity contribution in [1.29, 1.82) is 0 Å². The third kappa shape index (κ3) is 10.2. The van der Waals surface area contributed by atoms with E-state index < -0.39 is 5.97 Å². The Bertz CT molecular complexity index is 341. The number of methoxy groups -OCH3 is 1. The van der Waals surface area contributed by atoms with Crippen molar-refractivity contribution in [2.24, 2.45) is 0 Å². The molecule has 1 saturated carbocycles. The third-order valence-corrected chi connectivity index (χ3v) is 3.37. The monoisotopic (exact) mass is 312 g/mol. The normalized spacial score (nSPS) is 15.7. The van der Waals surface area contributed by atoms with Crippen LogP contribution in [0.2, 0.25) is 0 Å². The Morgan fingerprint density at radius 1 is 1.14 bits per heavy atom. The maximum absolute atomic E-state index is 10.7. The van der Waals surface area contributed by atoms with Gasteiger partial charge in [0.25, 0.3) is 0 Å². The average Bonchev–Trinajstić information content (AvgIpc) is 2.56. The molecule has 0 radical (unpaired) electrons. The number of esters is 2. The fourth-order valence-electron chi connectivity index (χ4n) is 1.98. The summed E-state index contributed by atoms with van der Waals surface area (Å²) < 4.78 is 14.8. The topological polar surface area (TPSA) is 61.8 Å². The van der Waals surface area contributed by atoms with Crippen molar-refractivity contribution in [3.63, 3.8) is 0 Å². The fourth-order valence-corrected chi connectivity index (χ4v) is 1.98. The van der Waals surface area contributed by atoms with Gasteiger partial charge in [-0.25, -0.2) is 9.59 Å². The first-order chi connectivity index (χ1) is 10.6. The predicted molar refractivity (Wildman–Crippen MR) is 85.4 cm³/mol. The highest BCUT2D eigenvalue weighted by molar-refractivity contribution is 5.81. The lowest BCUT2D eigenvalue weighted by Gasteiger charge is -2.20. The molecule has 0 aromatic carbocycles. The molecule has 1 aliphatic rings. The maximum Gasteiger partial charge on any atom is 0.330 e. The predicted octanol–water partition coefficient (Wildman–Crippen LogP) is 3.19. The zero-order chi connectivity index (χ0) is 16.8. The highest BCUT2D eigenvalue weighted by Crippen LogP contribution is 2.20. The van der Waals surface area contributed by atoms with E-state index in [9.17, 15) is 9.59 Å². The molecule has 0 heterocycles. The summed E-state index contributed by atoms with van der Waals surface area (Å²) in [6, 6.07) is 0. The summed E-state index contributed by atoms with van der Waals surface area (Å²) in [6.45, 7) is 8.90. The first-order valence-electron chi connectivity index (χ1n) is 7.72. The molecule has 0 aromatic rings. The van der Waals surface area contributed by atoms with Crippen LogP contribution >= 0.6 is 0 Å². The van der Waals surface area contributed by atoms with Crippen molar-refractivity contribution in [2.75, 3.05) is 13.7 Å². The van der Waals surface area contributed by atoms with Crippen molar-refractivity contribution in [3.8, 4) is 0 Å². The van der Waals surface area contributed by atoms with Crippen molar-refractivity contribution in [1.82, 2.24) is 0 Å². The standard InChI is InChI=1S/C9H14O2.C8H14O3/c1-2-9(10)11-8-6-4-3-5-7-8;1-4-7(10-3)6-11-8(9)5-2/h2,8H,1,3-7H2;5,7H,2,4,6H2,1,3H3. The van der Waals surface area contributed by atoms with Crippen molar-refractivity contribution in [3.05, 3.63) is 25.3 Å². The second kappa shape index (κ2) is 13.1. The van der Waals surface area contributed by atoms with Gasteiger partial charge >= 0.3 is 11.9 Å². The van der Waals surface area contributed by atoms with Gasteiger partial charge in [-0.15, -0.1) is 0 Å². The third-order valence-electron chi connectivity index (χ3n) is 3.37. The van der Waals surface area contributed by atoms with Crippen LogP contribution in [0.4, 0.5) is 0 Å². The second-order valence-electron chi connectivity index (χ2n) is 5.00. The molecule has 0 aromatic heterocycles. The first-order valence-corrected chi connectivity index (χ1v) is 7.72. The van der Waals surface area contributed by atoms with E-state index in [1.54, 1.807) is 7.11 Å². The summed E-state index contributed by atoms with van der Waals surface area (Å²) in [6.07, 6.45) is 9.08. The largest absolute Gasteiger partial charge is 0.460 e. The lowest BCUT2D eigenvalue weighted by Crippen LogP contribution is -2.19. The first kappa shape index (κ1) is 20.4. The van der Waals surface area contributed by atoms with E-state index in [1.165, 1.54) is 25.3 Å². The summed E-state index contributed by atoms with van der Waals surface area (Å²) in [4.78, 5) is 21.3. The Hall–Kier alpha value is -1.62. The van der Waals surface area contributed by atoms with Gasteiger partial charge in [0.2, 0.25) is 0 Å². The van der Waals surface area contributed by atoms with Gasteiger partial charge < -0.3 is 14.2 Å². The van der Waals surface area contributed by atoms with Gasteiger partial charge in [-0.3, -0.25) is 0 Å². The molecule has 1 atom stereocenters. The number of carbonyl (C=O) groups is 2. The van der Waals surface area contributed by atoms with Crippen LogP contribution in [0.25, 0.3) is 0 Å². The highest BCUT2D eigenvalue weighted by Gasteiger charge is 2.15. The molecular weight excluding hydrogens is 284 g/mol. The van der Waals surface area contributed by atoms with Crippen LogP contribution in [-0.4, -0.2) is 37.9 Å². The summed E-state index contributed by atoms with van der Waals surface area (Å²) >= 11 is 0. The fraction of sp³-hybridized carbons (Fsp3) is 0.647. The van der Waals surface area contributed by atoms with Crippen LogP contribution in [0.15, 0.2) is 25.3 Å². The van der Waals surface area contributed by atoms with Crippen LogP contribution in [-0.2, 0) is 23.8 Å². The number of rotatable bonds is 7. The van der Waals surface area contributed by atoms with Crippen LogP contribution < -0.4 is 0 Å². The van der Waals surface area contributed by atoms with E-state index in [0.717, 1.165) is 25.3 Å². The van der Waals surface area contributed by atoms with E-state index in [-0.39, 0.29) is 18.2 Å². The summed E-state index contributed by atoms with van der Waals surface area (Å²) in [5, 5.41) is 0. The summed E-state index contributed by atoms with van der Waals surface area (Å²) in [7, 11) is 1.59. The SMILES string of the molecule is C=CC(=O)OC1CCCCC1.C=CC(=O)OCC(CC)OC. The smallest absolute Gasteiger partial charge is 0.330 e. The van der Waals surface area contributed by atoms with Gasteiger partial charge in [-0.05, 0) is 32.1 Å². The minimum Gasteiger partial charge on any atom is -0.460 e. The Morgan fingerprint density at radius 2 is 1.73 bits per heavy atom. The molecule has 0 aliphatic heterocycles. The molecule has 0 saturated heterocycles. The molecule has 1 aliphatic carbocycles. The summed E-state index contributed by atoms with van der Waals surface area (Å²) in [5.41, 5.74) is 0. The molecule has 5 nitrogen and oxygen atoms in total. The molecule has 0 spiro atoms. The zero-order valence-corrected chi connectivity index (χ0v) is 13.7. The van der Waals surface area contributed by atoms with Crippen LogP contribution in [0.5, 0.6) is 0 Å². The molecule has 126 valence electrons. The van der Waals surface area contributed by atoms with E-state index in [4.69, 9.17) is 14.2 Å². The molecule has 1 fully saturated rings. The van der Waals surface area contributed by atoms with Gasteiger partial charge in [0.15, 0.2) is 0 Å². The molecule has 22 heavy (non-hydrogen) atoms. The maximum atomic E-state index is 10.7. The van der Waals surface area contributed by atoms with Gasteiger partial charge in [0.05, 0.1) is 6.10 Å². The van der Waals surface area contributed by atoms with Crippen molar-refractivity contribution >= 4 is 11.9 Å². The van der Waals surface area contributed by atoms with Gasteiger partial charge in [0, 0.05) is 19.3 Å². The lowest BCUT2D eigenvalue weighted by molar-refractivity contribution is -0.144. The molecular formula is C17H28O5. The quantitative estimate of drug-likeness (QED) is 0.533. The van der Waals surface area contributed by atoms with Crippen LogP contribution in [0.1, 0.15) is 45.4 Å². The molecule has 0 bridgehead atoms.